The lowest BCUT2D eigenvalue weighted by Gasteiger charge is -2.18. The molecule has 0 saturated heterocycles. The van der Waals surface area contributed by atoms with Gasteiger partial charge in [-0.1, -0.05) is 0 Å². The van der Waals surface area contributed by atoms with Crippen LogP contribution in [0.4, 0.5) is 13.2 Å². The number of hydrogen-bond donors (Lipinski definition) is 1. The first kappa shape index (κ1) is 10.4. The Labute approximate surface area is 84.8 Å². The van der Waals surface area contributed by atoms with Crippen LogP contribution in [0.3, 0.4) is 0 Å². The molecule has 0 aromatic carbocycles. The molecule has 1 aliphatic rings. The largest absolute Gasteiger partial charge is 0.416 e. The van der Waals surface area contributed by atoms with E-state index in [2.05, 4.69) is 4.98 Å². The third kappa shape index (κ3) is 1.71. The normalized spacial score (nSPS) is 18.9. The molecule has 0 spiro atoms. The van der Waals surface area contributed by atoms with Crippen LogP contribution in [-0.2, 0) is 11.6 Å². The topological polar surface area (TPSA) is 33.1 Å². The molecule has 0 atom stereocenters. The van der Waals surface area contributed by atoms with Gasteiger partial charge < -0.3 is 5.11 Å². The number of alkyl halides is 3. The minimum Gasteiger partial charge on any atom is -0.395 e. The van der Waals surface area contributed by atoms with Crippen LogP contribution < -0.4 is 0 Å². The molecule has 1 aliphatic carbocycles. The van der Waals surface area contributed by atoms with Crippen LogP contribution in [0.2, 0.25) is 0 Å². The Morgan fingerprint density at radius 3 is 2.53 bits per heavy atom. The van der Waals surface area contributed by atoms with E-state index in [1.54, 1.807) is 0 Å². The Balaban J connectivity index is 2.48. The highest BCUT2D eigenvalue weighted by atomic mass is 19.4. The Morgan fingerprint density at radius 1 is 1.40 bits per heavy atom. The molecule has 0 unspecified atom stereocenters. The molecule has 1 fully saturated rings. The molecule has 1 aromatic rings. The molecule has 0 amide bonds. The monoisotopic (exact) mass is 217 g/mol. The lowest BCUT2D eigenvalue weighted by Crippen LogP contribution is -2.19. The van der Waals surface area contributed by atoms with E-state index in [1.807, 2.05) is 0 Å². The second kappa shape index (κ2) is 3.20. The summed E-state index contributed by atoms with van der Waals surface area (Å²) < 4.78 is 37.9. The molecule has 5 heteroatoms. The number of aromatic nitrogens is 1. The Kier molecular flexibility index (Phi) is 2.22. The maximum absolute atomic E-state index is 12.6. The van der Waals surface area contributed by atoms with Crippen LogP contribution >= 0.6 is 0 Å². The lowest BCUT2D eigenvalue weighted by molar-refractivity contribution is -0.138. The van der Waals surface area contributed by atoms with Crippen LogP contribution in [0.1, 0.15) is 24.0 Å². The maximum Gasteiger partial charge on any atom is 0.416 e. The van der Waals surface area contributed by atoms with Crippen LogP contribution in [0.15, 0.2) is 18.5 Å². The van der Waals surface area contributed by atoms with Gasteiger partial charge >= 0.3 is 6.18 Å². The van der Waals surface area contributed by atoms with Crippen molar-refractivity contribution in [1.29, 1.82) is 0 Å². The second-order valence-corrected chi connectivity index (χ2v) is 3.86. The van der Waals surface area contributed by atoms with E-state index in [9.17, 15) is 13.2 Å². The summed E-state index contributed by atoms with van der Waals surface area (Å²) >= 11 is 0. The first-order valence-electron chi connectivity index (χ1n) is 4.62. The van der Waals surface area contributed by atoms with Crippen molar-refractivity contribution in [3.63, 3.8) is 0 Å². The summed E-state index contributed by atoms with van der Waals surface area (Å²) in [6, 6.07) is 0.963. The van der Waals surface area contributed by atoms with Gasteiger partial charge in [0.05, 0.1) is 12.2 Å². The van der Waals surface area contributed by atoms with E-state index < -0.39 is 17.2 Å². The SMILES string of the molecule is OCC1(c2cnccc2C(F)(F)F)CC1. The molecule has 1 N–H and O–H groups in total. The average Bonchev–Trinajstić information content (AvgIpc) is 2.97. The maximum atomic E-state index is 12.6. The molecule has 0 bridgehead atoms. The molecular weight excluding hydrogens is 207 g/mol. The van der Waals surface area contributed by atoms with Crippen molar-refractivity contribution >= 4 is 0 Å². The first-order valence-corrected chi connectivity index (χ1v) is 4.62. The molecule has 82 valence electrons. The molecule has 1 heterocycles. The number of rotatable bonds is 2. The van der Waals surface area contributed by atoms with E-state index in [0.29, 0.717) is 12.8 Å². The average molecular weight is 217 g/mol. The van der Waals surface area contributed by atoms with Gasteiger partial charge in [-0.05, 0) is 24.5 Å². The molecule has 2 rings (SSSR count). The van der Waals surface area contributed by atoms with Gasteiger partial charge in [-0.15, -0.1) is 0 Å². The number of nitrogens with zero attached hydrogens (tertiary/aromatic N) is 1. The fourth-order valence-electron chi connectivity index (χ4n) is 1.73. The third-order valence-electron chi connectivity index (χ3n) is 2.85. The zero-order valence-corrected chi connectivity index (χ0v) is 7.88. The second-order valence-electron chi connectivity index (χ2n) is 3.86. The summed E-state index contributed by atoms with van der Waals surface area (Å²) in [5.74, 6) is 0. The summed E-state index contributed by atoms with van der Waals surface area (Å²) in [5.41, 5.74) is -1.25. The predicted octanol–water partition coefficient (Wildman–Crippen LogP) is 2.12. The van der Waals surface area contributed by atoms with Gasteiger partial charge in [0.1, 0.15) is 0 Å². The quantitative estimate of drug-likeness (QED) is 0.823. The predicted molar refractivity (Wildman–Crippen MR) is 47.2 cm³/mol. The van der Waals surface area contributed by atoms with Crippen molar-refractivity contribution in [3.05, 3.63) is 29.6 Å². The van der Waals surface area contributed by atoms with Crippen molar-refractivity contribution in [2.24, 2.45) is 0 Å². The van der Waals surface area contributed by atoms with Crippen LogP contribution in [0.25, 0.3) is 0 Å². The molecule has 0 aliphatic heterocycles. The van der Waals surface area contributed by atoms with E-state index in [0.717, 1.165) is 12.3 Å². The van der Waals surface area contributed by atoms with Gasteiger partial charge in [-0.25, -0.2) is 0 Å². The van der Waals surface area contributed by atoms with E-state index in [1.165, 1.54) is 6.20 Å². The van der Waals surface area contributed by atoms with Crippen molar-refractivity contribution in [3.8, 4) is 0 Å². The molecule has 2 nitrogen and oxygen atoms in total. The van der Waals surface area contributed by atoms with Gasteiger partial charge in [-0.3, -0.25) is 4.98 Å². The lowest BCUT2D eigenvalue weighted by atomic mass is 9.94. The number of aliphatic hydroxyl groups is 1. The molecular formula is C10H10F3NO. The van der Waals surface area contributed by atoms with Gasteiger partial charge in [0.25, 0.3) is 0 Å². The minimum atomic E-state index is -4.37. The highest BCUT2D eigenvalue weighted by Gasteiger charge is 2.49. The van der Waals surface area contributed by atoms with Gasteiger partial charge in [-0.2, -0.15) is 13.2 Å². The van der Waals surface area contributed by atoms with Gasteiger partial charge in [0.15, 0.2) is 0 Å². The van der Waals surface area contributed by atoms with Crippen molar-refractivity contribution in [2.75, 3.05) is 6.61 Å². The summed E-state index contributed by atoms with van der Waals surface area (Å²) in [5, 5.41) is 9.11. The smallest absolute Gasteiger partial charge is 0.395 e. The van der Waals surface area contributed by atoms with E-state index >= 15 is 0 Å². The summed E-state index contributed by atoms with van der Waals surface area (Å²) in [6.07, 6.45) is -0.842. The van der Waals surface area contributed by atoms with Crippen LogP contribution in [-0.4, -0.2) is 16.7 Å². The molecule has 1 aromatic heterocycles. The van der Waals surface area contributed by atoms with Crippen LogP contribution in [0, 0.1) is 0 Å². The Morgan fingerprint density at radius 2 is 2.07 bits per heavy atom. The van der Waals surface area contributed by atoms with E-state index in [4.69, 9.17) is 5.11 Å². The van der Waals surface area contributed by atoms with Gasteiger partial charge in [0, 0.05) is 17.8 Å². The number of halogens is 3. The van der Waals surface area contributed by atoms with Crippen molar-refractivity contribution < 1.29 is 18.3 Å². The standard InChI is InChI=1S/C10H10F3NO/c11-10(12,13)7-1-4-14-5-8(7)9(6-15)2-3-9/h1,4-5,15H,2-3,6H2. The fourth-order valence-corrected chi connectivity index (χ4v) is 1.73. The van der Waals surface area contributed by atoms with Gasteiger partial charge in [0.2, 0.25) is 0 Å². The van der Waals surface area contributed by atoms with Crippen molar-refractivity contribution in [1.82, 2.24) is 4.98 Å². The summed E-state index contributed by atoms with van der Waals surface area (Å²) in [4.78, 5) is 3.70. The first-order chi connectivity index (χ1) is 6.99. The zero-order valence-electron chi connectivity index (χ0n) is 7.88. The minimum absolute atomic E-state index is 0.125. The highest BCUT2D eigenvalue weighted by Crippen LogP contribution is 2.51. The number of hydrogen-bond acceptors (Lipinski definition) is 2. The highest BCUT2D eigenvalue weighted by molar-refractivity contribution is 5.38. The molecule has 15 heavy (non-hydrogen) atoms. The molecule has 1 saturated carbocycles. The van der Waals surface area contributed by atoms with E-state index in [-0.39, 0.29) is 12.2 Å². The number of aliphatic hydroxyl groups excluding tert-OH is 1. The third-order valence-corrected chi connectivity index (χ3v) is 2.85. The van der Waals surface area contributed by atoms with Crippen molar-refractivity contribution in [2.45, 2.75) is 24.4 Å². The zero-order chi connectivity index (χ0) is 11.1. The van der Waals surface area contributed by atoms with Crippen LogP contribution in [0.5, 0.6) is 0 Å². The molecule has 0 radical (unpaired) electrons. The fraction of sp³-hybridized carbons (Fsp3) is 0.500. The summed E-state index contributed by atoms with van der Waals surface area (Å²) in [7, 11) is 0. The number of pyridine rings is 1. The Hall–Kier alpha value is -1.10. The Bertz CT molecular complexity index is 371. The summed E-state index contributed by atoms with van der Waals surface area (Å²) in [6.45, 7) is -0.248.